The van der Waals surface area contributed by atoms with E-state index in [9.17, 15) is 4.79 Å². The normalized spacial score (nSPS) is 19.5. The van der Waals surface area contributed by atoms with Crippen LogP contribution in [0.1, 0.15) is 19.8 Å². The maximum Gasteiger partial charge on any atom is 0.325 e. The minimum atomic E-state index is 0.00303. The first-order chi connectivity index (χ1) is 7.25. The molecule has 1 saturated heterocycles. The van der Waals surface area contributed by atoms with E-state index in [-0.39, 0.29) is 5.69 Å². The summed E-state index contributed by atoms with van der Waals surface area (Å²) >= 11 is 0. The zero-order chi connectivity index (χ0) is 10.7. The Morgan fingerprint density at radius 1 is 1.40 bits per heavy atom. The van der Waals surface area contributed by atoms with Crippen molar-refractivity contribution in [2.75, 3.05) is 19.6 Å². The second-order valence-corrected chi connectivity index (χ2v) is 4.53. The molecule has 4 heteroatoms. The molecule has 0 amide bonds. The second-order valence-electron chi connectivity index (χ2n) is 4.53. The van der Waals surface area contributed by atoms with E-state index < -0.39 is 0 Å². The molecule has 0 aliphatic carbocycles. The lowest BCUT2D eigenvalue weighted by atomic mass is 10.1. The van der Waals surface area contributed by atoms with Gasteiger partial charge in [0, 0.05) is 25.5 Å². The van der Waals surface area contributed by atoms with E-state index >= 15 is 0 Å². The fourth-order valence-electron chi connectivity index (χ4n) is 2.29. The molecule has 0 radical (unpaired) electrons. The molecule has 0 aromatic carbocycles. The molecule has 4 nitrogen and oxygen atoms in total. The number of H-pyrrole nitrogens is 1. The molecule has 2 rings (SSSR count). The Labute approximate surface area is 89.9 Å². The van der Waals surface area contributed by atoms with E-state index in [0.29, 0.717) is 5.92 Å². The fourth-order valence-corrected chi connectivity index (χ4v) is 2.29. The van der Waals surface area contributed by atoms with Gasteiger partial charge >= 0.3 is 5.69 Å². The number of nitrogens with one attached hydrogen (secondary N) is 1. The summed E-state index contributed by atoms with van der Waals surface area (Å²) in [7, 11) is 0. The Morgan fingerprint density at radius 3 is 2.73 bits per heavy atom. The molecule has 0 spiro atoms. The third kappa shape index (κ3) is 2.72. The molecular weight excluding hydrogens is 190 g/mol. The SMILES string of the molecule is CC(CN1CCCC1)Cn1cc[nH]c1=O. The number of aromatic amines is 1. The molecular formula is C11H19N3O. The Bertz CT molecular complexity index is 349. The summed E-state index contributed by atoms with van der Waals surface area (Å²) in [6.07, 6.45) is 6.18. The van der Waals surface area contributed by atoms with Crippen LogP contribution < -0.4 is 5.69 Å². The molecule has 84 valence electrons. The summed E-state index contributed by atoms with van der Waals surface area (Å²) in [6, 6.07) is 0. The molecule has 1 unspecified atom stereocenters. The highest BCUT2D eigenvalue weighted by Gasteiger charge is 2.15. The van der Waals surface area contributed by atoms with E-state index in [1.807, 2.05) is 6.20 Å². The highest BCUT2D eigenvalue weighted by Crippen LogP contribution is 2.10. The summed E-state index contributed by atoms with van der Waals surface area (Å²) in [4.78, 5) is 16.4. The van der Waals surface area contributed by atoms with Crippen LogP contribution in [0.5, 0.6) is 0 Å². The predicted molar refractivity (Wildman–Crippen MR) is 59.9 cm³/mol. The Kier molecular flexibility index (Phi) is 3.26. The van der Waals surface area contributed by atoms with Gasteiger partial charge in [0.2, 0.25) is 0 Å². The molecule has 0 bridgehead atoms. The van der Waals surface area contributed by atoms with E-state index in [0.717, 1.165) is 13.1 Å². The molecule has 1 aromatic heterocycles. The van der Waals surface area contributed by atoms with Gasteiger partial charge in [0.15, 0.2) is 0 Å². The topological polar surface area (TPSA) is 41.0 Å². The van der Waals surface area contributed by atoms with Crippen LogP contribution in [0.3, 0.4) is 0 Å². The van der Waals surface area contributed by atoms with E-state index in [2.05, 4.69) is 16.8 Å². The highest BCUT2D eigenvalue weighted by molar-refractivity contribution is 4.77. The van der Waals surface area contributed by atoms with Crippen molar-refractivity contribution in [3.8, 4) is 0 Å². The van der Waals surface area contributed by atoms with Gasteiger partial charge in [-0.2, -0.15) is 0 Å². The molecule has 1 atom stereocenters. The Hall–Kier alpha value is -1.03. The van der Waals surface area contributed by atoms with Crippen LogP contribution in [-0.2, 0) is 6.54 Å². The maximum absolute atomic E-state index is 11.3. The average molecular weight is 209 g/mol. The van der Waals surface area contributed by atoms with Gasteiger partial charge in [-0.1, -0.05) is 6.92 Å². The van der Waals surface area contributed by atoms with Crippen molar-refractivity contribution in [2.24, 2.45) is 5.92 Å². The maximum atomic E-state index is 11.3. The van der Waals surface area contributed by atoms with Crippen LogP contribution in [-0.4, -0.2) is 34.1 Å². The third-order valence-corrected chi connectivity index (χ3v) is 3.00. The molecule has 1 aliphatic rings. The summed E-state index contributed by atoms with van der Waals surface area (Å²) in [5.74, 6) is 0.539. The van der Waals surface area contributed by atoms with Gasteiger partial charge in [-0.05, 0) is 31.8 Å². The van der Waals surface area contributed by atoms with Gasteiger partial charge in [0.05, 0.1) is 0 Å². The summed E-state index contributed by atoms with van der Waals surface area (Å²) < 4.78 is 1.75. The average Bonchev–Trinajstić information content (AvgIpc) is 2.79. The smallest absolute Gasteiger partial charge is 0.313 e. The predicted octanol–water partition coefficient (Wildman–Crippen LogP) is 0.908. The van der Waals surface area contributed by atoms with E-state index in [4.69, 9.17) is 0 Å². The van der Waals surface area contributed by atoms with Crippen molar-refractivity contribution in [3.05, 3.63) is 22.9 Å². The van der Waals surface area contributed by atoms with Crippen molar-refractivity contribution in [1.82, 2.24) is 14.5 Å². The molecule has 1 aromatic rings. The summed E-state index contributed by atoms with van der Waals surface area (Å²) in [6.45, 7) is 6.59. The van der Waals surface area contributed by atoms with E-state index in [1.165, 1.54) is 25.9 Å². The van der Waals surface area contributed by atoms with Gasteiger partial charge in [-0.3, -0.25) is 4.57 Å². The number of likely N-dealkylation sites (tertiary alicyclic amines) is 1. The minimum absolute atomic E-state index is 0.00303. The lowest BCUT2D eigenvalue weighted by Gasteiger charge is -2.20. The first kappa shape index (κ1) is 10.5. The van der Waals surface area contributed by atoms with Crippen LogP contribution >= 0.6 is 0 Å². The number of aromatic nitrogens is 2. The second kappa shape index (κ2) is 4.66. The van der Waals surface area contributed by atoms with Gasteiger partial charge in [-0.15, -0.1) is 0 Å². The Balaban J connectivity index is 1.84. The van der Waals surface area contributed by atoms with Gasteiger partial charge in [-0.25, -0.2) is 4.79 Å². The van der Waals surface area contributed by atoms with Crippen molar-refractivity contribution in [3.63, 3.8) is 0 Å². The van der Waals surface area contributed by atoms with Crippen molar-refractivity contribution in [2.45, 2.75) is 26.3 Å². The van der Waals surface area contributed by atoms with Gasteiger partial charge in [0.1, 0.15) is 0 Å². The van der Waals surface area contributed by atoms with Crippen LogP contribution in [0.15, 0.2) is 17.2 Å². The minimum Gasteiger partial charge on any atom is -0.313 e. The highest BCUT2D eigenvalue weighted by atomic mass is 16.1. The number of hydrogen-bond donors (Lipinski definition) is 1. The number of imidazole rings is 1. The standard InChI is InChI=1S/C11H19N3O/c1-10(8-13-5-2-3-6-13)9-14-7-4-12-11(14)15/h4,7,10H,2-3,5-6,8-9H2,1H3,(H,12,15). The van der Waals surface area contributed by atoms with E-state index in [1.54, 1.807) is 10.8 Å². The zero-order valence-electron chi connectivity index (χ0n) is 9.28. The number of hydrogen-bond acceptors (Lipinski definition) is 2. The zero-order valence-corrected chi connectivity index (χ0v) is 9.28. The van der Waals surface area contributed by atoms with Crippen molar-refractivity contribution >= 4 is 0 Å². The first-order valence-electron chi connectivity index (χ1n) is 5.72. The molecule has 15 heavy (non-hydrogen) atoms. The molecule has 1 aliphatic heterocycles. The Morgan fingerprint density at radius 2 is 2.13 bits per heavy atom. The number of rotatable bonds is 4. The summed E-state index contributed by atoms with van der Waals surface area (Å²) in [5, 5.41) is 0. The number of nitrogens with zero attached hydrogens (tertiary/aromatic N) is 2. The van der Waals surface area contributed by atoms with Gasteiger partial charge < -0.3 is 9.88 Å². The van der Waals surface area contributed by atoms with Crippen LogP contribution in [0.2, 0.25) is 0 Å². The van der Waals surface area contributed by atoms with Crippen LogP contribution in [0, 0.1) is 5.92 Å². The fraction of sp³-hybridized carbons (Fsp3) is 0.727. The van der Waals surface area contributed by atoms with Crippen LogP contribution in [0.25, 0.3) is 0 Å². The first-order valence-corrected chi connectivity index (χ1v) is 5.72. The quantitative estimate of drug-likeness (QED) is 0.800. The van der Waals surface area contributed by atoms with Crippen LogP contribution in [0.4, 0.5) is 0 Å². The van der Waals surface area contributed by atoms with Crippen molar-refractivity contribution < 1.29 is 0 Å². The van der Waals surface area contributed by atoms with Gasteiger partial charge in [0.25, 0.3) is 0 Å². The molecule has 2 heterocycles. The molecule has 0 saturated carbocycles. The molecule has 1 fully saturated rings. The molecule has 1 N–H and O–H groups in total. The van der Waals surface area contributed by atoms with Crippen molar-refractivity contribution in [1.29, 1.82) is 0 Å². The lowest BCUT2D eigenvalue weighted by Crippen LogP contribution is -2.29. The third-order valence-electron chi connectivity index (χ3n) is 3.00. The largest absolute Gasteiger partial charge is 0.325 e. The monoisotopic (exact) mass is 209 g/mol. The lowest BCUT2D eigenvalue weighted by molar-refractivity contribution is 0.270. The summed E-state index contributed by atoms with van der Waals surface area (Å²) in [5.41, 5.74) is 0.00303.